The first-order chi connectivity index (χ1) is 5.04. The van der Waals surface area contributed by atoms with Crippen LogP contribution in [0.5, 0.6) is 0 Å². The van der Waals surface area contributed by atoms with Gasteiger partial charge < -0.3 is 9.64 Å². The molecule has 0 saturated heterocycles. The molecule has 64 valence electrons. The van der Waals surface area contributed by atoms with E-state index in [9.17, 15) is 9.59 Å². The van der Waals surface area contributed by atoms with Crippen molar-refractivity contribution in [1.82, 2.24) is 4.90 Å². The molecule has 4 heteroatoms. The van der Waals surface area contributed by atoms with Gasteiger partial charge >= 0.3 is 5.97 Å². The lowest BCUT2D eigenvalue weighted by molar-refractivity contribution is -0.153. The fourth-order valence-electron chi connectivity index (χ4n) is 0.423. The summed E-state index contributed by atoms with van der Waals surface area (Å²) in [5.74, 6) is -1.31. The van der Waals surface area contributed by atoms with Gasteiger partial charge in [0, 0.05) is 13.5 Å². The van der Waals surface area contributed by atoms with E-state index in [2.05, 4.69) is 4.74 Å². The van der Waals surface area contributed by atoms with E-state index in [0.717, 1.165) is 0 Å². The third kappa shape index (κ3) is 5.54. The molecule has 0 radical (unpaired) electrons. The molecule has 11 heavy (non-hydrogen) atoms. The average Bonchev–Trinajstić information content (AvgIpc) is 1.86. The highest BCUT2D eigenvalue weighted by Crippen LogP contribution is 1.81. The molecule has 0 aromatic rings. The van der Waals surface area contributed by atoms with Crippen LogP contribution in [0.1, 0.15) is 6.92 Å². The Labute approximate surface area is 66.1 Å². The number of hydrogen-bond donors (Lipinski definition) is 0. The summed E-state index contributed by atoms with van der Waals surface area (Å²) in [7, 11) is 3.73. The van der Waals surface area contributed by atoms with Gasteiger partial charge in [0.15, 0.2) is 0 Å². The number of rotatable bonds is 4. The molecule has 0 N–H and O–H groups in total. The Hall–Kier alpha value is -0.900. The Morgan fingerprint density at radius 3 is 2.27 bits per heavy atom. The van der Waals surface area contributed by atoms with Crippen molar-refractivity contribution in [3.05, 3.63) is 0 Å². The number of Topliss-reactive ketones (excluding diaryl/α,β-unsaturated/α-hetero) is 1. The number of ketones is 1. The second kappa shape index (κ2) is 4.85. The van der Waals surface area contributed by atoms with Gasteiger partial charge in [0.2, 0.25) is 5.78 Å². The van der Waals surface area contributed by atoms with E-state index in [1.807, 2.05) is 19.0 Å². The lowest BCUT2D eigenvalue weighted by atomic mass is 10.5. The summed E-state index contributed by atoms with van der Waals surface area (Å²) in [6, 6.07) is 0. The number of esters is 1. The van der Waals surface area contributed by atoms with E-state index >= 15 is 0 Å². The van der Waals surface area contributed by atoms with Gasteiger partial charge in [0.25, 0.3) is 0 Å². The monoisotopic (exact) mass is 159 g/mol. The van der Waals surface area contributed by atoms with Crippen molar-refractivity contribution in [2.45, 2.75) is 6.92 Å². The fraction of sp³-hybridized carbons (Fsp3) is 0.714. The zero-order valence-electron chi connectivity index (χ0n) is 7.09. The summed E-state index contributed by atoms with van der Waals surface area (Å²) >= 11 is 0. The van der Waals surface area contributed by atoms with Crippen LogP contribution < -0.4 is 0 Å². The summed E-state index contributed by atoms with van der Waals surface area (Å²) in [6.07, 6.45) is 0. The first kappa shape index (κ1) is 10.1. The van der Waals surface area contributed by atoms with Crippen LogP contribution in [0, 0.1) is 0 Å². The minimum absolute atomic E-state index is 0.269. The number of carbonyl (C=O) groups excluding carboxylic acids is 2. The summed E-state index contributed by atoms with van der Waals surface area (Å²) in [5, 5.41) is 0. The third-order valence-electron chi connectivity index (χ3n) is 1.06. The predicted molar refractivity (Wildman–Crippen MR) is 40.2 cm³/mol. The van der Waals surface area contributed by atoms with Crippen LogP contribution in [0.25, 0.3) is 0 Å². The molecule has 0 unspecified atom stereocenters. The third-order valence-corrected chi connectivity index (χ3v) is 1.06. The molecule has 0 fully saturated rings. The Morgan fingerprint density at radius 2 is 1.91 bits per heavy atom. The zero-order chi connectivity index (χ0) is 8.85. The largest absolute Gasteiger partial charge is 0.459 e. The number of ether oxygens (including phenoxy) is 1. The SMILES string of the molecule is CC(=O)C(=O)OCCN(C)C. The number of nitrogens with zero attached hydrogens (tertiary/aromatic N) is 1. The Kier molecular flexibility index (Phi) is 4.45. The van der Waals surface area contributed by atoms with Crippen molar-refractivity contribution in [1.29, 1.82) is 0 Å². The minimum Gasteiger partial charge on any atom is -0.459 e. The molecule has 0 bridgehead atoms. The van der Waals surface area contributed by atoms with Gasteiger partial charge in [-0.3, -0.25) is 4.79 Å². The van der Waals surface area contributed by atoms with Crippen LogP contribution in [-0.2, 0) is 14.3 Å². The van der Waals surface area contributed by atoms with Gasteiger partial charge in [0.05, 0.1) is 0 Å². The molecular formula is C7H13NO3. The smallest absolute Gasteiger partial charge is 0.374 e. The molecule has 0 aliphatic heterocycles. The van der Waals surface area contributed by atoms with Crippen LogP contribution in [0.2, 0.25) is 0 Å². The first-order valence-corrected chi connectivity index (χ1v) is 3.36. The van der Waals surface area contributed by atoms with Crippen molar-refractivity contribution >= 4 is 11.8 Å². The molecule has 4 nitrogen and oxygen atoms in total. The summed E-state index contributed by atoms with van der Waals surface area (Å²) in [4.78, 5) is 22.7. The van der Waals surface area contributed by atoms with E-state index in [1.165, 1.54) is 6.92 Å². The summed E-state index contributed by atoms with van der Waals surface area (Å²) < 4.78 is 4.58. The Morgan fingerprint density at radius 1 is 1.36 bits per heavy atom. The highest BCUT2D eigenvalue weighted by molar-refractivity contribution is 6.32. The van der Waals surface area contributed by atoms with Gasteiger partial charge in [0.1, 0.15) is 6.61 Å². The second-order valence-corrected chi connectivity index (χ2v) is 2.50. The molecule has 0 amide bonds. The van der Waals surface area contributed by atoms with Gasteiger partial charge in [-0.2, -0.15) is 0 Å². The zero-order valence-corrected chi connectivity index (χ0v) is 7.09. The van der Waals surface area contributed by atoms with Gasteiger partial charge in [-0.25, -0.2) is 4.79 Å². The molecular weight excluding hydrogens is 146 g/mol. The van der Waals surface area contributed by atoms with Crippen molar-refractivity contribution in [2.24, 2.45) is 0 Å². The van der Waals surface area contributed by atoms with E-state index in [1.54, 1.807) is 0 Å². The number of carbonyl (C=O) groups is 2. The second-order valence-electron chi connectivity index (χ2n) is 2.50. The van der Waals surface area contributed by atoms with E-state index in [-0.39, 0.29) is 6.61 Å². The van der Waals surface area contributed by atoms with Crippen molar-refractivity contribution in [2.75, 3.05) is 27.2 Å². The van der Waals surface area contributed by atoms with Crippen molar-refractivity contribution in [3.63, 3.8) is 0 Å². The minimum atomic E-state index is -0.758. The van der Waals surface area contributed by atoms with Crippen LogP contribution in [0.15, 0.2) is 0 Å². The maximum absolute atomic E-state index is 10.5. The molecule has 0 rings (SSSR count). The lowest BCUT2D eigenvalue weighted by Gasteiger charge is -2.08. The van der Waals surface area contributed by atoms with E-state index in [0.29, 0.717) is 6.54 Å². The molecule has 0 aliphatic rings. The van der Waals surface area contributed by atoms with E-state index < -0.39 is 11.8 Å². The maximum atomic E-state index is 10.5. The first-order valence-electron chi connectivity index (χ1n) is 3.36. The Balaban J connectivity index is 3.40. The van der Waals surface area contributed by atoms with Crippen LogP contribution in [0.4, 0.5) is 0 Å². The number of likely N-dealkylation sites (N-methyl/N-ethyl adjacent to an activating group) is 1. The van der Waals surface area contributed by atoms with Crippen LogP contribution >= 0.6 is 0 Å². The summed E-state index contributed by atoms with van der Waals surface area (Å²) in [6.45, 7) is 2.10. The molecule has 0 saturated carbocycles. The molecule has 0 aliphatic carbocycles. The lowest BCUT2D eigenvalue weighted by Crippen LogP contribution is -2.22. The molecule has 0 aromatic heterocycles. The van der Waals surface area contributed by atoms with Gasteiger partial charge in [-0.1, -0.05) is 0 Å². The fourth-order valence-corrected chi connectivity index (χ4v) is 0.423. The predicted octanol–water partition coefficient (Wildman–Crippen LogP) is -0.320. The van der Waals surface area contributed by atoms with Crippen LogP contribution in [0.3, 0.4) is 0 Å². The normalized spacial score (nSPS) is 9.82. The molecule has 0 aromatic carbocycles. The van der Waals surface area contributed by atoms with Crippen LogP contribution in [-0.4, -0.2) is 43.9 Å². The number of hydrogen-bond acceptors (Lipinski definition) is 4. The molecule has 0 heterocycles. The highest BCUT2D eigenvalue weighted by atomic mass is 16.5. The topological polar surface area (TPSA) is 46.6 Å². The standard InChI is InChI=1S/C7H13NO3/c1-6(9)7(10)11-5-4-8(2)3/h4-5H2,1-3H3. The molecule has 0 spiro atoms. The van der Waals surface area contributed by atoms with Gasteiger partial charge in [-0.05, 0) is 14.1 Å². The van der Waals surface area contributed by atoms with Gasteiger partial charge in [-0.15, -0.1) is 0 Å². The van der Waals surface area contributed by atoms with Crippen molar-refractivity contribution < 1.29 is 14.3 Å². The van der Waals surface area contributed by atoms with E-state index in [4.69, 9.17) is 0 Å². The maximum Gasteiger partial charge on any atom is 0.374 e. The molecule has 0 atom stereocenters. The Bertz CT molecular complexity index is 154. The highest BCUT2D eigenvalue weighted by Gasteiger charge is 2.07. The quantitative estimate of drug-likeness (QED) is 0.416. The van der Waals surface area contributed by atoms with Crippen molar-refractivity contribution in [3.8, 4) is 0 Å². The average molecular weight is 159 g/mol. The summed E-state index contributed by atoms with van der Waals surface area (Å²) in [5.41, 5.74) is 0.